The van der Waals surface area contributed by atoms with Crippen LogP contribution in [-0.4, -0.2) is 32.9 Å². The highest BCUT2D eigenvalue weighted by Crippen LogP contribution is 2.27. The molecule has 5 heteroatoms. The first kappa shape index (κ1) is 21.4. The Hall–Kier alpha value is -3.31. The third-order valence-electron chi connectivity index (χ3n) is 4.79. The van der Waals surface area contributed by atoms with Crippen LogP contribution >= 0.6 is 0 Å². The van der Waals surface area contributed by atoms with Gasteiger partial charge in [-0.15, -0.1) is 0 Å². The Kier molecular flexibility index (Phi) is 8.30. The van der Waals surface area contributed by atoms with Gasteiger partial charge in [-0.1, -0.05) is 60.7 Å². The number of hydrogen-bond acceptors (Lipinski definition) is 3. The highest BCUT2D eigenvalue weighted by atomic mass is 16.5. The molecular formula is C25H28N2O3. The maximum atomic E-state index is 12.3. The third-order valence-corrected chi connectivity index (χ3v) is 4.79. The zero-order chi connectivity index (χ0) is 21.0. The molecule has 0 atom stereocenters. The molecule has 2 amide bonds. The number of ether oxygens (including phenoxy) is 2. The molecule has 2 N–H and O–H groups in total. The second kappa shape index (κ2) is 11.6. The van der Waals surface area contributed by atoms with Crippen molar-refractivity contribution in [1.29, 1.82) is 0 Å². The van der Waals surface area contributed by atoms with Crippen molar-refractivity contribution in [2.75, 3.05) is 32.2 Å². The number of amides is 2. The van der Waals surface area contributed by atoms with Gasteiger partial charge in [0.25, 0.3) is 0 Å². The largest absolute Gasteiger partial charge is 0.491 e. The minimum atomic E-state index is -0.220. The van der Waals surface area contributed by atoms with Gasteiger partial charge in [-0.25, -0.2) is 4.79 Å². The van der Waals surface area contributed by atoms with E-state index in [9.17, 15) is 4.79 Å². The molecular weight excluding hydrogens is 376 g/mol. The van der Waals surface area contributed by atoms with Crippen molar-refractivity contribution in [3.63, 3.8) is 0 Å². The van der Waals surface area contributed by atoms with E-state index in [4.69, 9.17) is 9.47 Å². The number of carbonyl (C=O) groups is 1. The Balaban J connectivity index is 1.51. The molecule has 3 aromatic carbocycles. The molecule has 156 valence electrons. The number of anilines is 1. The van der Waals surface area contributed by atoms with Gasteiger partial charge in [0, 0.05) is 25.3 Å². The monoisotopic (exact) mass is 404 g/mol. The van der Waals surface area contributed by atoms with E-state index in [2.05, 4.69) is 34.9 Å². The summed E-state index contributed by atoms with van der Waals surface area (Å²) in [6, 6.07) is 27.8. The Labute approximate surface area is 178 Å². The van der Waals surface area contributed by atoms with Crippen molar-refractivity contribution in [3.05, 3.63) is 96.1 Å². The predicted molar refractivity (Wildman–Crippen MR) is 120 cm³/mol. The summed E-state index contributed by atoms with van der Waals surface area (Å²) in [5, 5.41) is 5.82. The summed E-state index contributed by atoms with van der Waals surface area (Å²) in [5.41, 5.74) is 3.21. The highest BCUT2D eigenvalue weighted by molar-refractivity contribution is 5.89. The fourth-order valence-electron chi connectivity index (χ4n) is 3.28. The lowest BCUT2D eigenvalue weighted by Gasteiger charge is -2.18. The van der Waals surface area contributed by atoms with E-state index < -0.39 is 0 Å². The Morgan fingerprint density at radius 1 is 0.833 bits per heavy atom. The van der Waals surface area contributed by atoms with Crippen LogP contribution in [0, 0.1) is 0 Å². The van der Waals surface area contributed by atoms with Crippen LogP contribution in [0.4, 0.5) is 10.5 Å². The Morgan fingerprint density at radius 3 is 2.00 bits per heavy atom. The second-order valence-corrected chi connectivity index (χ2v) is 6.91. The molecule has 0 aliphatic heterocycles. The van der Waals surface area contributed by atoms with Crippen molar-refractivity contribution in [1.82, 2.24) is 5.32 Å². The van der Waals surface area contributed by atoms with E-state index in [0.717, 1.165) is 12.2 Å². The van der Waals surface area contributed by atoms with Crippen molar-refractivity contribution >= 4 is 11.7 Å². The van der Waals surface area contributed by atoms with Crippen LogP contribution in [0.25, 0.3) is 0 Å². The molecule has 0 saturated heterocycles. The van der Waals surface area contributed by atoms with E-state index in [1.165, 1.54) is 11.1 Å². The SMILES string of the molecule is COCCOc1ccc(NC(=O)NCCC(c2ccccc2)c2ccccc2)cc1. The minimum Gasteiger partial charge on any atom is -0.491 e. The van der Waals surface area contributed by atoms with E-state index in [-0.39, 0.29) is 11.9 Å². The minimum absolute atomic E-state index is 0.220. The van der Waals surface area contributed by atoms with Gasteiger partial charge >= 0.3 is 6.03 Å². The fourth-order valence-corrected chi connectivity index (χ4v) is 3.28. The summed E-state index contributed by atoms with van der Waals surface area (Å²) < 4.78 is 10.5. The average molecular weight is 405 g/mol. The number of nitrogens with one attached hydrogen (secondary N) is 2. The summed E-state index contributed by atoms with van der Waals surface area (Å²) in [7, 11) is 1.64. The molecule has 3 aromatic rings. The number of urea groups is 1. The molecule has 0 saturated carbocycles. The number of carbonyl (C=O) groups excluding carboxylic acids is 1. The molecule has 3 rings (SSSR count). The number of hydrogen-bond donors (Lipinski definition) is 2. The summed E-state index contributed by atoms with van der Waals surface area (Å²) in [6.07, 6.45) is 0.813. The van der Waals surface area contributed by atoms with E-state index in [0.29, 0.717) is 25.4 Å². The van der Waals surface area contributed by atoms with Gasteiger partial charge in [0.15, 0.2) is 0 Å². The maximum absolute atomic E-state index is 12.3. The van der Waals surface area contributed by atoms with Crippen LogP contribution in [-0.2, 0) is 4.74 Å². The van der Waals surface area contributed by atoms with Gasteiger partial charge in [0.1, 0.15) is 12.4 Å². The van der Waals surface area contributed by atoms with Gasteiger partial charge in [0.05, 0.1) is 6.61 Å². The van der Waals surface area contributed by atoms with Crippen molar-refractivity contribution in [2.24, 2.45) is 0 Å². The third kappa shape index (κ3) is 6.64. The molecule has 0 heterocycles. The van der Waals surface area contributed by atoms with Crippen LogP contribution in [0.3, 0.4) is 0 Å². The van der Waals surface area contributed by atoms with Gasteiger partial charge in [-0.3, -0.25) is 0 Å². The molecule has 30 heavy (non-hydrogen) atoms. The van der Waals surface area contributed by atoms with E-state index >= 15 is 0 Å². The Morgan fingerprint density at radius 2 is 1.43 bits per heavy atom. The lowest BCUT2D eigenvalue weighted by atomic mass is 9.88. The van der Waals surface area contributed by atoms with Crippen molar-refractivity contribution in [2.45, 2.75) is 12.3 Å². The van der Waals surface area contributed by atoms with Gasteiger partial charge in [-0.05, 0) is 41.8 Å². The number of rotatable bonds is 10. The normalized spacial score (nSPS) is 10.6. The first-order valence-corrected chi connectivity index (χ1v) is 10.1. The zero-order valence-corrected chi connectivity index (χ0v) is 17.2. The van der Waals surface area contributed by atoms with Crippen molar-refractivity contribution < 1.29 is 14.3 Å². The number of methoxy groups -OCH3 is 1. The maximum Gasteiger partial charge on any atom is 0.319 e. The second-order valence-electron chi connectivity index (χ2n) is 6.91. The first-order valence-electron chi connectivity index (χ1n) is 10.1. The molecule has 0 spiro atoms. The lowest BCUT2D eigenvalue weighted by molar-refractivity contribution is 0.146. The topological polar surface area (TPSA) is 59.6 Å². The van der Waals surface area contributed by atoms with Gasteiger partial charge in [-0.2, -0.15) is 0 Å². The summed E-state index contributed by atoms with van der Waals surface area (Å²) in [6.45, 7) is 1.60. The molecule has 0 aliphatic rings. The molecule has 0 aliphatic carbocycles. The predicted octanol–water partition coefficient (Wildman–Crippen LogP) is 5.06. The molecule has 0 fully saturated rings. The van der Waals surface area contributed by atoms with Gasteiger partial charge in [0.2, 0.25) is 0 Å². The fraction of sp³-hybridized carbons (Fsp3) is 0.240. The molecule has 0 aromatic heterocycles. The molecule has 5 nitrogen and oxygen atoms in total. The van der Waals surface area contributed by atoms with E-state index in [1.807, 2.05) is 60.7 Å². The summed E-state index contributed by atoms with van der Waals surface area (Å²) in [5.74, 6) is 0.975. The van der Waals surface area contributed by atoms with Crippen LogP contribution in [0.5, 0.6) is 5.75 Å². The van der Waals surface area contributed by atoms with Crippen LogP contribution in [0.1, 0.15) is 23.5 Å². The summed E-state index contributed by atoms with van der Waals surface area (Å²) >= 11 is 0. The molecule has 0 unspecified atom stereocenters. The lowest BCUT2D eigenvalue weighted by Crippen LogP contribution is -2.30. The molecule has 0 radical (unpaired) electrons. The van der Waals surface area contributed by atoms with Crippen LogP contribution < -0.4 is 15.4 Å². The smallest absolute Gasteiger partial charge is 0.319 e. The Bertz CT molecular complexity index is 844. The van der Waals surface area contributed by atoms with E-state index in [1.54, 1.807) is 7.11 Å². The zero-order valence-electron chi connectivity index (χ0n) is 17.2. The van der Waals surface area contributed by atoms with Crippen LogP contribution in [0.2, 0.25) is 0 Å². The molecule has 0 bridgehead atoms. The van der Waals surface area contributed by atoms with Gasteiger partial charge < -0.3 is 20.1 Å². The average Bonchev–Trinajstić information content (AvgIpc) is 2.79. The van der Waals surface area contributed by atoms with Crippen molar-refractivity contribution in [3.8, 4) is 5.75 Å². The van der Waals surface area contributed by atoms with Crippen LogP contribution in [0.15, 0.2) is 84.9 Å². The number of benzene rings is 3. The first-order chi connectivity index (χ1) is 14.8. The quantitative estimate of drug-likeness (QED) is 0.465. The standard InChI is InChI=1S/C25H28N2O3/c1-29-18-19-30-23-14-12-22(13-15-23)27-25(28)26-17-16-24(20-8-4-2-5-9-20)21-10-6-3-7-11-21/h2-15,24H,16-19H2,1H3,(H2,26,27,28). The highest BCUT2D eigenvalue weighted by Gasteiger charge is 2.14. The summed E-state index contributed by atoms with van der Waals surface area (Å²) in [4.78, 5) is 12.3.